The van der Waals surface area contributed by atoms with Crippen molar-refractivity contribution < 1.29 is 4.74 Å². The first kappa shape index (κ1) is 8.52. The number of nitrogens with one attached hydrogen (secondary N) is 1. The molecule has 1 aliphatic heterocycles. The van der Waals surface area contributed by atoms with E-state index in [1.165, 1.54) is 25.7 Å². The number of morpholine rings is 1. The van der Waals surface area contributed by atoms with Crippen molar-refractivity contribution >= 4 is 0 Å². The predicted molar refractivity (Wildman–Crippen MR) is 49.2 cm³/mol. The summed E-state index contributed by atoms with van der Waals surface area (Å²) in [5.74, 6) is 0.954. The zero-order chi connectivity index (χ0) is 8.44. The highest BCUT2D eigenvalue weighted by molar-refractivity contribution is 4.86. The first-order valence-corrected chi connectivity index (χ1v) is 5.13. The highest BCUT2D eigenvalue weighted by Crippen LogP contribution is 2.35. The van der Waals surface area contributed by atoms with Gasteiger partial charge in [0.2, 0.25) is 0 Å². The third-order valence-corrected chi connectivity index (χ3v) is 3.17. The number of hydrogen-bond donors (Lipinski definition) is 1. The monoisotopic (exact) mass is 169 g/mol. The molecule has 1 aliphatic carbocycles. The van der Waals surface area contributed by atoms with Crippen molar-refractivity contribution in [3.05, 3.63) is 0 Å². The molecule has 1 atom stereocenters. The molecule has 0 bridgehead atoms. The van der Waals surface area contributed by atoms with Crippen LogP contribution in [0.25, 0.3) is 0 Å². The number of rotatable bonds is 2. The van der Waals surface area contributed by atoms with Gasteiger partial charge in [-0.3, -0.25) is 0 Å². The van der Waals surface area contributed by atoms with Gasteiger partial charge in [-0.25, -0.2) is 0 Å². The van der Waals surface area contributed by atoms with Gasteiger partial charge in [-0.2, -0.15) is 0 Å². The zero-order valence-electron chi connectivity index (χ0n) is 7.94. The van der Waals surface area contributed by atoms with E-state index in [0.717, 1.165) is 25.6 Å². The maximum atomic E-state index is 5.81. The molecule has 2 aliphatic rings. The van der Waals surface area contributed by atoms with Crippen molar-refractivity contribution in [3.63, 3.8) is 0 Å². The Balaban J connectivity index is 1.81. The van der Waals surface area contributed by atoms with Gasteiger partial charge < -0.3 is 10.1 Å². The van der Waals surface area contributed by atoms with Gasteiger partial charge in [0.15, 0.2) is 0 Å². The Morgan fingerprint density at radius 1 is 1.50 bits per heavy atom. The van der Waals surface area contributed by atoms with Gasteiger partial charge in [0.25, 0.3) is 0 Å². The largest absolute Gasteiger partial charge is 0.373 e. The molecule has 0 aromatic carbocycles. The predicted octanol–water partition coefficient (Wildman–Crippen LogP) is 1.56. The zero-order valence-corrected chi connectivity index (χ0v) is 7.94. The van der Waals surface area contributed by atoms with Crippen molar-refractivity contribution in [1.29, 1.82) is 0 Å². The summed E-state index contributed by atoms with van der Waals surface area (Å²) in [5.41, 5.74) is 0.142. The van der Waals surface area contributed by atoms with Gasteiger partial charge in [-0.15, -0.1) is 0 Å². The lowest BCUT2D eigenvalue weighted by molar-refractivity contribution is -0.0730. The van der Waals surface area contributed by atoms with Gasteiger partial charge >= 0.3 is 0 Å². The molecule has 0 aromatic heterocycles. The Morgan fingerprint density at radius 3 is 2.83 bits per heavy atom. The second-order valence-electron chi connectivity index (χ2n) is 4.48. The summed E-state index contributed by atoms with van der Waals surface area (Å²) in [5, 5.41) is 3.40. The lowest BCUT2D eigenvalue weighted by Gasteiger charge is -2.39. The second kappa shape index (κ2) is 3.35. The molecule has 2 rings (SSSR count). The molecule has 0 spiro atoms. The summed E-state index contributed by atoms with van der Waals surface area (Å²) >= 11 is 0. The van der Waals surface area contributed by atoms with Crippen molar-refractivity contribution in [2.75, 3.05) is 19.7 Å². The Morgan fingerprint density at radius 2 is 2.33 bits per heavy atom. The van der Waals surface area contributed by atoms with E-state index in [9.17, 15) is 0 Å². The molecule has 1 saturated carbocycles. The van der Waals surface area contributed by atoms with Crippen LogP contribution in [0, 0.1) is 5.92 Å². The van der Waals surface area contributed by atoms with Gasteiger partial charge in [0, 0.05) is 13.1 Å². The summed E-state index contributed by atoms with van der Waals surface area (Å²) in [4.78, 5) is 0. The molecule has 1 saturated heterocycles. The minimum atomic E-state index is 0.142. The highest BCUT2D eigenvalue weighted by atomic mass is 16.5. The smallest absolute Gasteiger partial charge is 0.0781 e. The van der Waals surface area contributed by atoms with Crippen LogP contribution in [-0.2, 0) is 4.74 Å². The average Bonchev–Trinajstić information content (AvgIpc) is 1.99. The first-order valence-electron chi connectivity index (χ1n) is 5.13. The van der Waals surface area contributed by atoms with Crippen molar-refractivity contribution in [2.45, 2.75) is 38.2 Å². The summed E-state index contributed by atoms with van der Waals surface area (Å²) in [6, 6.07) is 0. The van der Waals surface area contributed by atoms with Crippen LogP contribution in [0.5, 0.6) is 0 Å². The molecule has 1 N–H and O–H groups in total. The average molecular weight is 169 g/mol. The highest BCUT2D eigenvalue weighted by Gasteiger charge is 2.32. The van der Waals surface area contributed by atoms with Crippen LogP contribution in [0.2, 0.25) is 0 Å². The topological polar surface area (TPSA) is 21.3 Å². The summed E-state index contributed by atoms with van der Waals surface area (Å²) in [7, 11) is 0. The molecule has 2 nitrogen and oxygen atoms in total. The molecule has 1 unspecified atom stereocenters. The van der Waals surface area contributed by atoms with Crippen LogP contribution in [0.3, 0.4) is 0 Å². The fourth-order valence-electron chi connectivity index (χ4n) is 2.21. The van der Waals surface area contributed by atoms with Crippen LogP contribution in [-0.4, -0.2) is 25.3 Å². The second-order valence-corrected chi connectivity index (χ2v) is 4.48. The molecule has 0 radical (unpaired) electrons. The number of ether oxygens (including phenoxy) is 1. The maximum Gasteiger partial charge on any atom is 0.0781 e. The standard InChI is InChI=1S/C10H19NO/c1-10(7-9-3-2-4-9)8-11-5-6-12-10/h9,11H,2-8H2,1H3. The normalized spacial score (nSPS) is 37.8. The Labute approximate surface area is 74.7 Å². The third kappa shape index (κ3) is 1.80. The molecule has 12 heavy (non-hydrogen) atoms. The van der Waals surface area contributed by atoms with Crippen LogP contribution < -0.4 is 5.32 Å². The Hall–Kier alpha value is -0.0800. The van der Waals surface area contributed by atoms with E-state index in [1.54, 1.807) is 0 Å². The molecule has 0 aromatic rings. The minimum absolute atomic E-state index is 0.142. The van der Waals surface area contributed by atoms with E-state index in [-0.39, 0.29) is 5.60 Å². The van der Waals surface area contributed by atoms with Crippen LogP contribution in [0.4, 0.5) is 0 Å². The van der Waals surface area contributed by atoms with Gasteiger partial charge in [0.05, 0.1) is 12.2 Å². The van der Waals surface area contributed by atoms with E-state index in [1.807, 2.05) is 0 Å². The van der Waals surface area contributed by atoms with Gasteiger partial charge in [-0.1, -0.05) is 19.3 Å². The number of hydrogen-bond acceptors (Lipinski definition) is 2. The van der Waals surface area contributed by atoms with Crippen LogP contribution >= 0.6 is 0 Å². The summed E-state index contributed by atoms with van der Waals surface area (Å²) in [6.07, 6.45) is 5.56. The minimum Gasteiger partial charge on any atom is -0.373 e. The van der Waals surface area contributed by atoms with Crippen LogP contribution in [0.1, 0.15) is 32.6 Å². The SMILES string of the molecule is CC1(CC2CCC2)CNCCO1. The maximum absolute atomic E-state index is 5.81. The molecule has 0 amide bonds. The van der Waals surface area contributed by atoms with Crippen molar-refractivity contribution in [2.24, 2.45) is 5.92 Å². The summed E-state index contributed by atoms with van der Waals surface area (Å²) < 4.78 is 5.81. The van der Waals surface area contributed by atoms with Crippen molar-refractivity contribution in [3.8, 4) is 0 Å². The lowest BCUT2D eigenvalue weighted by atomic mass is 9.77. The van der Waals surface area contributed by atoms with E-state index < -0.39 is 0 Å². The van der Waals surface area contributed by atoms with Gasteiger partial charge in [0.1, 0.15) is 0 Å². The summed E-state index contributed by atoms with van der Waals surface area (Å²) in [6.45, 7) is 5.21. The van der Waals surface area contributed by atoms with E-state index in [4.69, 9.17) is 4.74 Å². The molecular formula is C10H19NO. The quantitative estimate of drug-likeness (QED) is 0.677. The molecule has 2 fully saturated rings. The fraction of sp³-hybridized carbons (Fsp3) is 1.00. The third-order valence-electron chi connectivity index (χ3n) is 3.17. The Kier molecular flexibility index (Phi) is 2.37. The Bertz CT molecular complexity index is 148. The molecule has 2 heteroatoms. The fourth-order valence-corrected chi connectivity index (χ4v) is 2.21. The molecule has 70 valence electrons. The first-order chi connectivity index (χ1) is 5.79. The van der Waals surface area contributed by atoms with E-state index in [0.29, 0.717) is 0 Å². The van der Waals surface area contributed by atoms with Gasteiger partial charge in [-0.05, 0) is 19.3 Å². The molecular weight excluding hydrogens is 150 g/mol. The van der Waals surface area contributed by atoms with Crippen molar-refractivity contribution in [1.82, 2.24) is 5.32 Å². The lowest BCUT2D eigenvalue weighted by Crippen LogP contribution is -2.49. The van der Waals surface area contributed by atoms with Crippen LogP contribution in [0.15, 0.2) is 0 Å². The van der Waals surface area contributed by atoms with E-state index in [2.05, 4.69) is 12.2 Å². The molecule has 1 heterocycles. The van der Waals surface area contributed by atoms with E-state index >= 15 is 0 Å².